The number of carbonyl (C=O) groups excluding carboxylic acids is 1. The first kappa shape index (κ1) is 12.3. The minimum atomic E-state index is 0.111. The van der Waals surface area contributed by atoms with E-state index in [0.717, 1.165) is 12.8 Å². The Balaban J connectivity index is 2.82. The van der Waals surface area contributed by atoms with Crippen LogP contribution in [-0.2, 0) is 4.79 Å². The molecule has 2 heteroatoms. The molecule has 86 valence electrons. The summed E-state index contributed by atoms with van der Waals surface area (Å²) in [5.41, 5.74) is 1.37. The van der Waals surface area contributed by atoms with Gasteiger partial charge in [0.25, 0.3) is 0 Å². The fraction of sp³-hybridized carbons (Fsp3) is 0.769. The van der Waals surface area contributed by atoms with E-state index < -0.39 is 0 Å². The van der Waals surface area contributed by atoms with Gasteiger partial charge in [0.15, 0.2) is 0 Å². The van der Waals surface area contributed by atoms with Crippen molar-refractivity contribution in [2.45, 2.75) is 39.5 Å². The summed E-state index contributed by atoms with van der Waals surface area (Å²) in [5, 5.41) is 0. The highest BCUT2D eigenvalue weighted by atomic mass is 16.2. The molecule has 0 aromatic rings. The molecule has 1 aliphatic rings. The predicted molar refractivity (Wildman–Crippen MR) is 63.6 cm³/mol. The number of hydrogen-bond donors (Lipinski definition) is 0. The third-order valence-electron chi connectivity index (χ3n) is 3.10. The zero-order valence-corrected chi connectivity index (χ0v) is 10.4. The van der Waals surface area contributed by atoms with E-state index in [0.29, 0.717) is 5.92 Å². The fourth-order valence-corrected chi connectivity index (χ4v) is 2.30. The highest BCUT2D eigenvalue weighted by Crippen LogP contribution is 2.30. The Kier molecular flexibility index (Phi) is 4.37. The van der Waals surface area contributed by atoms with Crippen LogP contribution in [0, 0.1) is 11.8 Å². The average Bonchev–Trinajstić information content (AvgIpc) is 2.18. The maximum absolute atomic E-state index is 12.1. The van der Waals surface area contributed by atoms with Crippen molar-refractivity contribution in [3.8, 4) is 0 Å². The van der Waals surface area contributed by atoms with Crippen LogP contribution in [0.4, 0.5) is 0 Å². The monoisotopic (exact) mass is 209 g/mol. The van der Waals surface area contributed by atoms with Crippen molar-refractivity contribution >= 4 is 5.91 Å². The van der Waals surface area contributed by atoms with E-state index in [1.807, 2.05) is 14.1 Å². The van der Waals surface area contributed by atoms with Gasteiger partial charge < -0.3 is 4.90 Å². The second-order valence-corrected chi connectivity index (χ2v) is 4.98. The van der Waals surface area contributed by atoms with E-state index in [9.17, 15) is 4.79 Å². The summed E-state index contributed by atoms with van der Waals surface area (Å²) >= 11 is 0. The Morgan fingerprint density at radius 2 is 2.00 bits per heavy atom. The van der Waals surface area contributed by atoms with Gasteiger partial charge in [-0.2, -0.15) is 0 Å². The fourth-order valence-electron chi connectivity index (χ4n) is 2.30. The zero-order chi connectivity index (χ0) is 11.4. The molecular formula is C13H23NO. The molecule has 1 amide bonds. The molecule has 2 nitrogen and oxygen atoms in total. The molecule has 0 bridgehead atoms. The van der Waals surface area contributed by atoms with E-state index in [2.05, 4.69) is 19.9 Å². The molecule has 1 rings (SSSR count). The van der Waals surface area contributed by atoms with Crippen molar-refractivity contribution in [1.29, 1.82) is 0 Å². The van der Waals surface area contributed by atoms with E-state index in [4.69, 9.17) is 0 Å². The van der Waals surface area contributed by atoms with Gasteiger partial charge in [-0.15, -0.1) is 0 Å². The largest absolute Gasteiger partial charge is 0.348 e. The first-order chi connectivity index (χ1) is 7.04. The lowest BCUT2D eigenvalue weighted by Crippen LogP contribution is -2.34. The summed E-state index contributed by atoms with van der Waals surface area (Å²) in [6.45, 7) is 4.28. The molecule has 0 aliphatic heterocycles. The van der Waals surface area contributed by atoms with Crippen LogP contribution in [0.2, 0.25) is 0 Å². The van der Waals surface area contributed by atoms with Crippen molar-refractivity contribution < 1.29 is 4.79 Å². The van der Waals surface area contributed by atoms with E-state index in [1.165, 1.54) is 18.4 Å². The van der Waals surface area contributed by atoms with Gasteiger partial charge in [-0.3, -0.25) is 4.79 Å². The van der Waals surface area contributed by atoms with Gasteiger partial charge >= 0.3 is 0 Å². The molecule has 0 spiro atoms. The first-order valence-corrected chi connectivity index (χ1v) is 5.94. The molecule has 0 radical (unpaired) electrons. The maximum atomic E-state index is 12.1. The Morgan fingerprint density at radius 1 is 1.33 bits per heavy atom. The number of amides is 1. The molecule has 1 unspecified atom stereocenters. The van der Waals surface area contributed by atoms with Gasteiger partial charge in [0.05, 0.1) is 5.92 Å². The topological polar surface area (TPSA) is 20.3 Å². The second-order valence-electron chi connectivity index (χ2n) is 4.98. The molecule has 0 fully saturated rings. The van der Waals surface area contributed by atoms with Crippen molar-refractivity contribution in [2.24, 2.45) is 11.8 Å². The van der Waals surface area contributed by atoms with Crippen LogP contribution in [0.15, 0.2) is 11.6 Å². The van der Waals surface area contributed by atoms with Gasteiger partial charge in [0, 0.05) is 14.1 Å². The maximum Gasteiger partial charge on any atom is 0.229 e. The highest BCUT2D eigenvalue weighted by Gasteiger charge is 2.27. The smallest absolute Gasteiger partial charge is 0.229 e. The van der Waals surface area contributed by atoms with Gasteiger partial charge in [-0.25, -0.2) is 0 Å². The Hall–Kier alpha value is -0.790. The van der Waals surface area contributed by atoms with E-state index in [-0.39, 0.29) is 11.8 Å². The van der Waals surface area contributed by atoms with Crippen molar-refractivity contribution in [3.05, 3.63) is 11.6 Å². The van der Waals surface area contributed by atoms with Crippen LogP contribution in [0.3, 0.4) is 0 Å². The normalized spacial score (nSPS) is 18.6. The molecule has 1 atom stereocenters. The first-order valence-electron chi connectivity index (χ1n) is 5.94. The van der Waals surface area contributed by atoms with Crippen LogP contribution < -0.4 is 0 Å². The molecule has 0 heterocycles. The lowest BCUT2D eigenvalue weighted by molar-refractivity contribution is -0.133. The Bertz CT molecular complexity index is 253. The van der Waals surface area contributed by atoms with Gasteiger partial charge in [0.2, 0.25) is 5.91 Å². The van der Waals surface area contributed by atoms with E-state index in [1.54, 1.807) is 4.90 Å². The zero-order valence-electron chi connectivity index (χ0n) is 10.4. The average molecular weight is 209 g/mol. The third kappa shape index (κ3) is 3.08. The summed E-state index contributed by atoms with van der Waals surface area (Å²) in [6.07, 6.45) is 7.08. The number of rotatable bonds is 3. The second kappa shape index (κ2) is 5.34. The van der Waals surface area contributed by atoms with Crippen molar-refractivity contribution in [2.75, 3.05) is 14.1 Å². The van der Waals surface area contributed by atoms with Crippen molar-refractivity contribution in [1.82, 2.24) is 4.90 Å². The van der Waals surface area contributed by atoms with Gasteiger partial charge in [-0.1, -0.05) is 25.5 Å². The predicted octanol–water partition coefficient (Wildman–Crippen LogP) is 2.85. The van der Waals surface area contributed by atoms with Crippen molar-refractivity contribution in [3.63, 3.8) is 0 Å². The number of nitrogens with zero attached hydrogens (tertiary/aromatic N) is 1. The quantitative estimate of drug-likeness (QED) is 0.654. The molecule has 1 aliphatic carbocycles. The summed E-state index contributed by atoms with van der Waals surface area (Å²) < 4.78 is 0. The van der Waals surface area contributed by atoms with Gasteiger partial charge in [0.1, 0.15) is 0 Å². The lowest BCUT2D eigenvalue weighted by atomic mass is 9.81. The Morgan fingerprint density at radius 3 is 2.40 bits per heavy atom. The molecule has 0 aromatic heterocycles. The highest BCUT2D eigenvalue weighted by molar-refractivity contribution is 5.81. The molecule has 0 N–H and O–H groups in total. The molecule has 0 aromatic carbocycles. The minimum absolute atomic E-state index is 0.111. The summed E-state index contributed by atoms with van der Waals surface area (Å²) in [4.78, 5) is 13.8. The number of hydrogen-bond acceptors (Lipinski definition) is 1. The lowest BCUT2D eigenvalue weighted by Gasteiger charge is -2.28. The summed E-state index contributed by atoms with van der Waals surface area (Å²) in [7, 11) is 3.70. The molecular weight excluding hydrogens is 186 g/mol. The van der Waals surface area contributed by atoms with Crippen LogP contribution >= 0.6 is 0 Å². The third-order valence-corrected chi connectivity index (χ3v) is 3.10. The van der Waals surface area contributed by atoms with Crippen LogP contribution in [0.5, 0.6) is 0 Å². The Labute approximate surface area is 93.3 Å². The van der Waals surface area contributed by atoms with Crippen LogP contribution in [0.25, 0.3) is 0 Å². The standard InChI is InChI=1S/C13H23NO/c1-10(2)12(13(15)14(3)4)11-8-6-5-7-9-11/h8,10,12H,5-7,9H2,1-4H3. The van der Waals surface area contributed by atoms with Gasteiger partial charge in [-0.05, 0) is 31.6 Å². The summed E-state index contributed by atoms with van der Waals surface area (Å²) in [5.74, 6) is 0.780. The SMILES string of the molecule is CC(C)C(C(=O)N(C)C)C1=CCCCC1. The summed E-state index contributed by atoms with van der Waals surface area (Å²) in [6, 6.07) is 0. The van der Waals surface area contributed by atoms with E-state index >= 15 is 0 Å². The molecule has 0 saturated heterocycles. The molecule has 0 saturated carbocycles. The minimum Gasteiger partial charge on any atom is -0.348 e. The van der Waals surface area contributed by atoms with Crippen LogP contribution in [-0.4, -0.2) is 24.9 Å². The molecule has 15 heavy (non-hydrogen) atoms. The van der Waals surface area contributed by atoms with Crippen LogP contribution in [0.1, 0.15) is 39.5 Å². The number of carbonyl (C=O) groups is 1. The number of allylic oxidation sites excluding steroid dienone is 1.